The van der Waals surface area contributed by atoms with Crippen molar-refractivity contribution < 1.29 is 4.80 Å². The van der Waals surface area contributed by atoms with Crippen molar-refractivity contribution in [1.82, 2.24) is 0 Å². The lowest BCUT2D eigenvalue weighted by Gasteiger charge is -2.18. The highest BCUT2D eigenvalue weighted by Gasteiger charge is 2.21. The monoisotopic (exact) mass is 176 g/mol. The molecule has 3 heteroatoms. The summed E-state index contributed by atoms with van der Waals surface area (Å²) in [4.78, 5) is 9.85. The highest BCUT2D eigenvalue weighted by Crippen LogP contribution is 2.13. The Kier molecular flexibility index (Phi) is 5.30. The van der Waals surface area contributed by atoms with E-state index in [2.05, 4.69) is 13.8 Å². The highest BCUT2D eigenvalue weighted by atomic mass is 29.2. The minimum atomic E-state index is -1.59. The maximum Gasteiger partial charge on any atom is 0.164 e. The van der Waals surface area contributed by atoms with Gasteiger partial charge in [-0.05, 0) is 12.1 Å². The van der Waals surface area contributed by atoms with E-state index < -0.39 is 7.83 Å². The second kappa shape index (κ2) is 5.10. The van der Waals surface area contributed by atoms with Crippen molar-refractivity contribution in [3.8, 4) is 0 Å². The third-order valence-electron chi connectivity index (χ3n) is 1.86. The van der Waals surface area contributed by atoms with Crippen molar-refractivity contribution in [2.75, 3.05) is 0 Å². The fourth-order valence-electron chi connectivity index (χ4n) is 1.22. The molecule has 0 heterocycles. The molecule has 0 radical (unpaired) electrons. The van der Waals surface area contributed by atoms with E-state index in [1.807, 2.05) is 0 Å². The van der Waals surface area contributed by atoms with Gasteiger partial charge in [-0.2, -0.15) is 0 Å². The first-order valence-electron chi connectivity index (χ1n) is 4.34. The van der Waals surface area contributed by atoms with Gasteiger partial charge in [-0.1, -0.05) is 33.1 Å². The van der Waals surface area contributed by atoms with Crippen LogP contribution in [0.25, 0.3) is 0 Å². The Morgan fingerprint density at radius 3 is 2.20 bits per heavy atom. The van der Waals surface area contributed by atoms with Gasteiger partial charge in [-0.3, -0.25) is 0 Å². The molecule has 0 saturated carbocycles. The molecule has 0 aromatic rings. The Bertz CT molecular complexity index is 83.7. The molecule has 0 aliphatic rings. The summed E-state index contributed by atoms with van der Waals surface area (Å²) in [5, 5.41) is 0. The number of unbranched alkanes of at least 4 members (excludes halogenated alkanes) is 1. The van der Waals surface area contributed by atoms with Crippen LogP contribution in [0.15, 0.2) is 0 Å². The van der Waals surface area contributed by atoms with Gasteiger partial charge in [0.25, 0.3) is 0 Å². The second-order valence-corrected chi connectivity index (χ2v) is 12.9. The lowest BCUT2D eigenvalue weighted by atomic mass is 10.4. The maximum absolute atomic E-state index is 9.85. The Balaban J connectivity index is 3.42. The zero-order valence-corrected chi connectivity index (χ0v) is 10.5. The van der Waals surface area contributed by atoms with Gasteiger partial charge in [-0.15, -0.1) is 0 Å². The van der Waals surface area contributed by atoms with Crippen LogP contribution < -0.4 is 0 Å². The summed E-state index contributed by atoms with van der Waals surface area (Å²) in [6, 6.07) is 2.29. The minimum absolute atomic E-state index is 1.07. The van der Waals surface area contributed by atoms with Crippen molar-refractivity contribution in [2.45, 2.75) is 45.2 Å². The number of hydrogen-bond acceptors (Lipinski definition) is 1. The maximum atomic E-state index is 9.85. The molecule has 1 atom stereocenters. The van der Waals surface area contributed by atoms with E-state index in [1.165, 1.54) is 19.3 Å². The topological polar surface area (TPSA) is 20.2 Å². The summed E-state index contributed by atoms with van der Waals surface area (Å²) >= 11 is 0. The van der Waals surface area contributed by atoms with Gasteiger partial charge in [0.15, 0.2) is 7.83 Å². The molecule has 1 N–H and O–H groups in total. The van der Waals surface area contributed by atoms with Crippen LogP contribution in [0.5, 0.6) is 0 Å². The molecular formula is C7H20OSi2. The van der Waals surface area contributed by atoms with Crippen LogP contribution in [0.3, 0.4) is 0 Å². The van der Waals surface area contributed by atoms with Gasteiger partial charge < -0.3 is 4.80 Å². The highest BCUT2D eigenvalue weighted by molar-refractivity contribution is 7.12. The van der Waals surface area contributed by atoms with E-state index >= 15 is 0 Å². The summed E-state index contributed by atoms with van der Waals surface area (Å²) < 4.78 is 0. The Hall–Kier alpha value is 0.394. The molecule has 0 spiro atoms. The minimum Gasteiger partial charge on any atom is -0.435 e. The molecule has 0 aromatic carbocycles. The van der Waals surface area contributed by atoms with E-state index in [0.717, 1.165) is 21.8 Å². The summed E-state index contributed by atoms with van der Waals surface area (Å²) in [5.41, 5.74) is 0. The number of hydrogen-bond donors (Lipinski definition) is 1. The Morgan fingerprint density at radius 1 is 1.20 bits per heavy atom. The average molecular weight is 176 g/mol. The molecule has 10 heavy (non-hydrogen) atoms. The largest absolute Gasteiger partial charge is 0.435 e. The molecule has 0 bridgehead atoms. The van der Waals surface area contributed by atoms with E-state index in [1.54, 1.807) is 0 Å². The van der Waals surface area contributed by atoms with Crippen molar-refractivity contribution in [3.05, 3.63) is 0 Å². The van der Waals surface area contributed by atoms with Gasteiger partial charge in [0, 0.05) is 9.76 Å². The molecule has 0 rings (SSSR count). The summed E-state index contributed by atoms with van der Waals surface area (Å²) in [5.74, 6) is 0. The summed E-state index contributed by atoms with van der Waals surface area (Å²) in [7, 11) is -0.519. The van der Waals surface area contributed by atoms with Crippen LogP contribution >= 0.6 is 0 Å². The van der Waals surface area contributed by atoms with Crippen LogP contribution in [0, 0.1) is 0 Å². The van der Waals surface area contributed by atoms with Crippen molar-refractivity contribution in [1.29, 1.82) is 0 Å². The standard InChI is InChI=1S/C7H20OSi2/c1-3-5-7-10(8,9)6-4-2/h8H,3-7H2,1-2,9H3. The van der Waals surface area contributed by atoms with Gasteiger partial charge in [0.1, 0.15) is 0 Å². The third kappa shape index (κ3) is 5.20. The predicted octanol–water partition coefficient (Wildman–Crippen LogP) is 0.996. The summed E-state index contributed by atoms with van der Waals surface area (Å²) in [6.07, 6.45) is 3.66. The quantitative estimate of drug-likeness (QED) is 0.620. The molecule has 0 aromatic heterocycles. The molecule has 0 aliphatic heterocycles. The average Bonchev–Trinajstić information content (AvgIpc) is 1.84. The Labute approximate surface area is 68.2 Å². The van der Waals surface area contributed by atoms with Crippen LogP contribution in [-0.2, 0) is 0 Å². The molecule has 62 valence electrons. The van der Waals surface area contributed by atoms with Gasteiger partial charge in [-0.25, -0.2) is 0 Å². The predicted molar refractivity (Wildman–Crippen MR) is 52.7 cm³/mol. The van der Waals surface area contributed by atoms with E-state index in [-0.39, 0.29) is 0 Å². The molecular weight excluding hydrogens is 156 g/mol. The fourth-order valence-corrected chi connectivity index (χ4v) is 6.22. The van der Waals surface area contributed by atoms with Crippen LogP contribution in [0.1, 0.15) is 33.1 Å². The smallest absolute Gasteiger partial charge is 0.164 e. The van der Waals surface area contributed by atoms with Crippen LogP contribution in [-0.4, -0.2) is 22.4 Å². The van der Waals surface area contributed by atoms with E-state index in [0.29, 0.717) is 0 Å². The molecule has 0 aliphatic carbocycles. The second-order valence-electron chi connectivity index (χ2n) is 3.35. The molecule has 0 saturated heterocycles. The van der Waals surface area contributed by atoms with E-state index in [4.69, 9.17) is 0 Å². The SMILES string of the molecule is CCCC[Si](O)([SiH3])CCC. The Morgan fingerprint density at radius 2 is 1.80 bits per heavy atom. The molecule has 0 amide bonds. The zero-order valence-electron chi connectivity index (χ0n) is 7.48. The first kappa shape index (κ1) is 10.4. The van der Waals surface area contributed by atoms with Crippen molar-refractivity contribution >= 4 is 17.6 Å². The van der Waals surface area contributed by atoms with Crippen molar-refractivity contribution in [3.63, 3.8) is 0 Å². The molecule has 0 fully saturated rings. The third-order valence-corrected chi connectivity index (χ3v) is 7.87. The lowest BCUT2D eigenvalue weighted by molar-refractivity contribution is 0.546. The van der Waals surface area contributed by atoms with E-state index in [9.17, 15) is 4.80 Å². The van der Waals surface area contributed by atoms with Crippen molar-refractivity contribution in [2.24, 2.45) is 0 Å². The van der Waals surface area contributed by atoms with Crippen LogP contribution in [0.4, 0.5) is 0 Å². The van der Waals surface area contributed by atoms with Gasteiger partial charge in [0.2, 0.25) is 0 Å². The zero-order chi connectivity index (χ0) is 8.04. The first-order chi connectivity index (χ1) is 4.62. The lowest BCUT2D eigenvalue weighted by Crippen LogP contribution is -2.34. The number of rotatable bonds is 5. The first-order valence-corrected chi connectivity index (χ1v) is 10.2. The van der Waals surface area contributed by atoms with Gasteiger partial charge in [0.05, 0.1) is 0 Å². The normalized spacial score (nSPS) is 17.1. The molecule has 1 nitrogen and oxygen atoms in total. The fraction of sp³-hybridized carbons (Fsp3) is 1.00. The van der Waals surface area contributed by atoms with Gasteiger partial charge >= 0.3 is 0 Å². The molecule has 1 unspecified atom stereocenters. The summed E-state index contributed by atoms with van der Waals surface area (Å²) in [6.45, 7) is 4.36. The van der Waals surface area contributed by atoms with Crippen LogP contribution in [0.2, 0.25) is 12.1 Å².